The lowest BCUT2D eigenvalue weighted by Gasteiger charge is -2.11. The Morgan fingerprint density at radius 3 is 2.12 bits per heavy atom. The smallest absolute Gasteiger partial charge is 0.213 e. The predicted octanol–water partition coefficient (Wildman–Crippen LogP) is 3.07. The monoisotopic (exact) mass is 227 g/mol. The molecule has 1 amide bonds. The minimum Gasteiger partial charge on any atom is -0.457 e. The summed E-state index contributed by atoms with van der Waals surface area (Å²) in [6, 6.07) is 16.9. The first kappa shape index (κ1) is 11.2. The summed E-state index contributed by atoms with van der Waals surface area (Å²) in [5, 5.41) is 0. The van der Waals surface area contributed by atoms with Gasteiger partial charge in [0.15, 0.2) is 0 Å². The van der Waals surface area contributed by atoms with E-state index in [0.717, 1.165) is 23.6 Å². The highest BCUT2D eigenvalue weighted by Crippen LogP contribution is 2.23. The van der Waals surface area contributed by atoms with Crippen LogP contribution in [0.2, 0.25) is 0 Å². The molecule has 0 saturated carbocycles. The van der Waals surface area contributed by atoms with Gasteiger partial charge in [-0.2, -0.15) is 0 Å². The van der Waals surface area contributed by atoms with E-state index in [-0.39, 0.29) is 0 Å². The second-order valence-electron chi connectivity index (χ2n) is 3.63. The van der Waals surface area contributed by atoms with Crippen molar-refractivity contribution in [2.45, 2.75) is 0 Å². The van der Waals surface area contributed by atoms with E-state index in [1.807, 2.05) is 54.6 Å². The van der Waals surface area contributed by atoms with E-state index in [2.05, 4.69) is 0 Å². The lowest BCUT2D eigenvalue weighted by atomic mass is 10.3. The van der Waals surface area contributed by atoms with Crippen molar-refractivity contribution < 1.29 is 9.53 Å². The zero-order valence-electron chi connectivity index (χ0n) is 9.54. The van der Waals surface area contributed by atoms with Crippen LogP contribution >= 0.6 is 0 Å². The molecule has 0 aromatic heterocycles. The molecule has 0 bridgehead atoms. The lowest BCUT2D eigenvalue weighted by molar-refractivity contribution is -0.107. The number of anilines is 1. The zero-order chi connectivity index (χ0) is 12.1. The number of nitrogens with zero attached hydrogens (tertiary/aromatic N) is 1. The fraction of sp³-hybridized carbons (Fsp3) is 0.0714. The molecule has 0 fully saturated rings. The third-order valence-corrected chi connectivity index (χ3v) is 2.38. The van der Waals surface area contributed by atoms with Gasteiger partial charge in [0.25, 0.3) is 0 Å². The Kier molecular flexibility index (Phi) is 3.40. The van der Waals surface area contributed by atoms with E-state index >= 15 is 0 Å². The number of amides is 1. The maximum Gasteiger partial charge on any atom is 0.213 e. The summed E-state index contributed by atoms with van der Waals surface area (Å²) in [6.45, 7) is 0. The van der Waals surface area contributed by atoms with Crippen LogP contribution in [0.15, 0.2) is 54.6 Å². The van der Waals surface area contributed by atoms with Crippen molar-refractivity contribution in [2.24, 2.45) is 0 Å². The Bertz CT molecular complexity index is 479. The SMILES string of the molecule is CN(C=O)c1ccc(Oc2ccccc2)cc1. The molecular weight excluding hydrogens is 214 g/mol. The molecule has 0 radical (unpaired) electrons. The fourth-order valence-electron chi connectivity index (χ4n) is 1.43. The molecule has 0 aliphatic rings. The van der Waals surface area contributed by atoms with Crippen molar-refractivity contribution in [3.8, 4) is 11.5 Å². The van der Waals surface area contributed by atoms with Gasteiger partial charge in [-0.15, -0.1) is 0 Å². The molecule has 2 aromatic carbocycles. The Morgan fingerprint density at radius 2 is 1.53 bits per heavy atom. The maximum absolute atomic E-state index is 10.6. The number of carbonyl (C=O) groups excluding carboxylic acids is 1. The molecular formula is C14H13NO2. The number of benzene rings is 2. The molecule has 0 aliphatic heterocycles. The van der Waals surface area contributed by atoms with Crippen LogP contribution in [0.3, 0.4) is 0 Å². The van der Waals surface area contributed by atoms with Crippen LogP contribution in [-0.4, -0.2) is 13.5 Å². The highest BCUT2D eigenvalue weighted by Gasteiger charge is 2.00. The van der Waals surface area contributed by atoms with Gasteiger partial charge in [0.05, 0.1) is 0 Å². The van der Waals surface area contributed by atoms with E-state index in [1.165, 1.54) is 4.90 Å². The van der Waals surface area contributed by atoms with E-state index < -0.39 is 0 Å². The summed E-state index contributed by atoms with van der Waals surface area (Å²) in [4.78, 5) is 12.1. The topological polar surface area (TPSA) is 29.5 Å². The quantitative estimate of drug-likeness (QED) is 0.751. The average Bonchev–Trinajstić information content (AvgIpc) is 2.40. The Hall–Kier alpha value is -2.29. The molecule has 2 rings (SSSR count). The van der Waals surface area contributed by atoms with Gasteiger partial charge < -0.3 is 9.64 Å². The van der Waals surface area contributed by atoms with Gasteiger partial charge in [-0.1, -0.05) is 18.2 Å². The van der Waals surface area contributed by atoms with Crippen molar-refractivity contribution in [1.82, 2.24) is 0 Å². The summed E-state index contributed by atoms with van der Waals surface area (Å²) in [5.74, 6) is 1.54. The summed E-state index contributed by atoms with van der Waals surface area (Å²) < 4.78 is 5.64. The number of carbonyl (C=O) groups is 1. The molecule has 0 aliphatic carbocycles. The van der Waals surface area contributed by atoms with Crippen molar-refractivity contribution in [1.29, 1.82) is 0 Å². The van der Waals surface area contributed by atoms with E-state index in [4.69, 9.17) is 4.74 Å². The van der Waals surface area contributed by atoms with Crippen LogP contribution < -0.4 is 9.64 Å². The predicted molar refractivity (Wildman–Crippen MR) is 67.4 cm³/mol. The molecule has 0 atom stereocenters. The fourth-order valence-corrected chi connectivity index (χ4v) is 1.43. The van der Waals surface area contributed by atoms with Crippen LogP contribution in [0.5, 0.6) is 11.5 Å². The molecule has 0 unspecified atom stereocenters. The summed E-state index contributed by atoms with van der Waals surface area (Å²) in [7, 11) is 1.71. The molecule has 3 heteroatoms. The first-order valence-electron chi connectivity index (χ1n) is 5.31. The highest BCUT2D eigenvalue weighted by molar-refractivity contribution is 5.74. The van der Waals surface area contributed by atoms with Gasteiger partial charge in [-0.25, -0.2) is 0 Å². The van der Waals surface area contributed by atoms with Crippen molar-refractivity contribution in [2.75, 3.05) is 11.9 Å². The maximum atomic E-state index is 10.6. The Morgan fingerprint density at radius 1 is 0.941 bits per heavy atom. The molecule has 0 N–H and O–H groups in total. The van der Waals surface area contributed by atoms with E-state index in [1.54, 1.807) is 7.05 Å². The average molecular weight is 227 g/mol. The van der Waals surface area contributed by atoms with Crippen molar-refractivity contribution >= 4 is 12.1 Å². The first-order chi connectivity index (χ1) is 8.29. The molecule has 3 nitrogen and oxygen atoms in total. The van der Waals surface area contributed by atoms with Gasteiger partial charge in [-0.3, -0.25) is 4.79 Å². The van der Waals surface area contributed by atoms with Gasteiger partial charge >= 0.3 is 0 Å². The summed E-state index contributed by atoms with van der Waals surface area (Å²) >= 11 is 0. The van der Waals surface area contributed by atoms with E-state index in [9.17, 15) is 4.79 Å². The summed E-state index contributed by atoms with van der Waals surface area (Å²) in [6.07, 6.45) is 0.771. The van der Waals surface area contributed by atoms with Gasteiger partial charge in [-0.05, 0) is 36.4 Å². The first-order valence-corrected chi connectivity index (χ1v) is 5.31. The lowest BCUT2D eigenvalue weighted by Crippen LogP contribution is -2.13. The molecule has 0 heterocycles. The van der Waals surface area contributed by atoms with Gasteiger partial charge in [0.1, 0.15) is 11.5 Å². The number of ether oxygens (including phenoxy) is 1. The van der Waals surface area contributed by atoms with Crippen LogP contribution in [0.25, 0.3) is 0 Å². The van der Waals surface area contributed by atoms with E-state index in [0.29, 0.717) is 0 Å². The third-order valence-electron chi connectivity index (χ3n) is 2.38. The molecule has 86 valence electrons. The highest BCUT2D eigenvalue weighted by atomic mass is 16.5. The Balaban J connectivity index is 2.11. The number of para-hydroxylation sites is 1. The Labute approximate surface area is 100 Å². The normalized spacial score (nSPS) is 9.71. The minimum atomic E-state index is 0.749. The minimum absolute atomic E-state index is 0.749. The number of hydrogen-bond acceptors (Lipinski definition) is 2. The molecule has 0 saturated heterocycles. The second kappa shape index (κ2) is 5.16. The third kappa shape index (κ3) is 2.84. The van der Waals surface area contributed by atoms with Crippen molar-refractivity contribution in [3.63, 3.8) is 0 Å². The van der Waals surface area contributed by atoms with Crippen molar-refractivity contribution in [3.05, 3.63) is 54.6 Å². The van der Waals surface area contributed by atoms with Crippen LogP contribution in [0.4, 0.5) is 5.69 Å². The van der Waals surface area contributed by atoms with Gasteiger partial charge in [0.2, 0.25) is 6.41 Å². The zero-order valence-corrected chi connectivity index (χ0v) is 9.54. The largest absolute Gasteiger partial charge is 0.457 e. The van der Waals surface area contributed by atoms with Crippen LogP contribution in [-0.2, 0) is 4.79 Å². The van der Waals surface area contributed by atoms with Crippen LogP contribution in [0.1, 0.15) is 0 Å². The van der Waals surface area contributed by atoms with Gasteiger partial charge in [0, 0.05) is 12.7 Å². The molecule has 2 aromatic rings. The van der Waals surface area contributed by atoms with Crippen LogP contribution in [0, 0.1) is 0 Å². The standard InChI is InChI=1S/C14H13NO2/c1-15(11-16)12-7-9-14(10-8-12)17-13-5-3-2-4-6-13/h2-11H,1H3. The second-order valence-corrected chi connectivity index (χ2v) is 3.63. The number of hydrogen-bond donors (Lipinski definition) is 0. The number of rotatable bonds is 4. The summed E-state index contributed by atoms with van der Waals surface area (Å²) in [5.41, 5.74) is 0.834. The molecule has 0 spiro atoms. The molecule has 17 heavy (non-hydrogen) atoms.